The lowest BCUT2D eigenvalue weighted by molar-refractivity contribution is -0.136. The molecule has 0 fully saturated rings. The van der Waals surface area contributed by atoms with Crippen molar-refractivity contribution < 1.29 is 14.3 Å². The van der Waals surface area contributed by atoms with Crippen LogP contribution in [0.25, 0.3) is 0 Å². The minimum absolute atomic E-state index is 0.0293. The van der Waals surface area contributed by atoms with Crippen molar-refractivity contribution in [3.63, 3.8) is 0 Å². The highest BCUT2D eigenvalue weighted by atomic mass is 16.5. The summed E-state index contributed by atoms with van der Waals surface area (Å²) in [6, 6.07) is 5.95. The van der Waals surface area contributed by atoms with E-state index in [9.17, 15) is 9.59 Å². The zero-order valence-electron chi connectivity index (χ0n) is 16.9. The fourth-order valence-electron chi connectivity index (χ4n) is 2.78. The van der Waals surface area contributed by atoms with Crippen molar-refractivity contribution in [2.45, 2.75) is 58.8 Å². The molecule has 0 radical (unpaired) electrons. The second-order valence-electron chi connectivity index (χ2n) is 7.20. The first-order valence-electron chi connectivity index (χ1n) is 9.59. The van der Waals surface area contributed by atoms with E-state index >= 15 is 0 Å². The van der Waals surface area contributed by atoms with Crippen molar-refractivity contribution in [3.05, 3.63) is 47.8 Å². The van der Waals surface area contributed by atoms with Crippen molar-refractivity contribution >= 4 is 11.9 Å². The first-order chi connectivity index (χ1) is 13.4. The molecule has 0 aliphatic heterocycles. The number of para-hydroxylation sites is 1. The maximum absolute atomic E-state index is 12.3. The minimum Gasteiger partial charge on any atom is -0.426 e. The van der Waals surface area contributed by atoms with E-state index in [1.54, 1.807) is 0 Å². The van der Waals surface area contributed by atoms with Gasteiger partial charge in [-0.3, -0.25) is 9.59 Å². The zero-order valence-corrected chi connectivity index (χ0v) is 16.9. The van der Waals surface area contributed by atoms with Gasteiger partial charge in [0.05, 0.1) is 6.42 Å². The molecule has 0 atom stereocenters. The summed E-state index contributed by atoms with van der Waals surface area (Å²) in [6.07, 6.45) is 3.46. The van der Waals surface area contributed by atoms with E-state index < -0.39 is 5.97 Å². The van der Waals surface area contributed by atoms with Crippen LogP contribution in [0.1, 0.15) is 69.3 Å². The fraction of sp³-hybridized carbons (Fsp3) is 0.476. The summed E-state index contributed by atoms with van der Waals surface area (Å²) < 4.78 is 5.68. The third-order valence-electron chi connectivity index (χ3n) is 4.31. The Morgan fingerprint density at radius 3 is 2.18 bits per heavy atom. The number of amides is 1. The Kier molecular flexibility index (Phi) is 8.04. The maximum atomic E-state index is 12.3. The van der Waals surface area contributed by atoms with Crippen LogP contribution in [0, 0.1) is 0 Å². The van der Waals surface area contributed by atoms with Crippen LogP contribution >= 0.6 is 0 Å². The van der Waals surface area contributed by atoms with E-state index in [0.717, 1.165) is 11.1 Å². The van der Waals surface area contributed by atoms with Gasteiger partial charge in [0.2, 0.25) is 5.91 Å². The molecule has 0 saturated carbocycles. The standard InChI is InChI=1S/C21H28N4O3/c1-14(2)16-6-5-7-17(15(3)4)21(16)28-20(27)9-8-19(26)23-11-10-18-24-12-22-13-25-18/h5-7,12-15H,8-11H2,1-4H3,(H,23,26). The van der Waals surface area contributed by atoms with Gasteiger partial charge in [0.15, 0.2) is 0 Å². The van der Waals surface area contributed by atoms with Crippen molar-refractivity contribution in [3.8, 4) is 5.75 Å². The van der Waals surface area contributed by atoms with Crippen molar-refractivity contribution in [1.82, 2.24) is 20.3 Å². The third kappa shape index (κ3) is 6.40. The summed E-state index contributed by atoms with van der Waals surface area (Å²) >= 11 is 0. The average Bonchev–Trinajstić information content (AvgIpc) is 2.67. The van der Waals surface area contributed by atoms with Gasteiger partial charge in [-0.05, 0) is 23.0 Å². The molecular formula is C21H28N4O3. The minimum atomic E-state index is -0.400. The molecule has 1 heterocycles. The summed E-state index contributed by atoms with van der Waals surface area (Å²) in [5.41, 5.74) is 2.00. The van der Waals surface area contributed by atoms with E-state index in [-0.39, 0.29) is 30.6 Å². The van der Waals surface area contributed by atoms with Crippen LogP contribution in [0.15, 0.2) is 30.9 Å². The molecule has 0 spiro atoms. The molecule has 0 saturated heterocycles. The Hall–Kier alpha value is -2.83. The molecule has 0 bridgehead atoms. The lowest BCUT2D eigenvalue weighted by Crippen LogP contribution is -2.27. The Morgan fingerprint density at radius 2 is 1.61 bits per heavy atom. The molecule has 28 heavy (non-hydrogen) atoms. The normalized spacial score (nSPS) is 10.9. The molecule has 2 aromatic rings. The van der Waals surface area contributed by atoms with E-state index in [0.29, 0.717) is 24.5 Å². The number of benzene rings is 1. The van der Waals surface area contributed by atoms with Crippen molar-refractivity contribution in [1.29, 1.82) is 0 Å². The number of nitrogens with one attached hydrogen (secondary N) is 1. The zero-order chi connectivity index (χ0) is 20.5. The largest absolute Gasteiger partial charge is 0.426 e. The van der Waals surface area contributed by atoms with Crippen LogP contribution in [-0.2, 0) is 16.0 Å². The highest BCUT2D eigenvalue weighted by Crippen LogP contribution is 2.34. The summed E-state index contributed by atoms with van der Waals surface area (Å²) in [4.78, 5) is 36.0. The number of hydrogen-bond donors (Lipinski definition) is 1. The first kappa shape index (κ1) is 21.5. The molecule has 150 valence electrons. The first-order valence-corrected chi connectivity index (χ1v) is 9.59. The van der Waals surface area contributed by atoms with Gasteiger partial charge in [-0.1, -0.05) is 45.9 Å². The molecule has 7 nitrogen and oxygen atoms in total. The van der Waals surface area contributed by atoms with Crippen LogP contribution in [0.4, 0.5) is 0 Å². The Morgan fingerprint density at radius 1 is 1.00 bits per heavy atom. The van der Waals surface area contributed by atoms with Gasteiger partial charge in [0.1, 0.15) is 24.2 Å². The van der Waals surface area contributed by atoms with Crippen LogP contribution in [0.2, 0.25) is 0 Å². The van der Waals surface area contributed by atoms with Crippen molar-refractivity contribution in [2.75, 3.05) is 6.54 Å². The van der Waals surface area contributed by atoms with Crippen LogP contribution < -0.4 is 10.1 Å². The number of rotatable bonds is 9. The molecule has 1 aromatic carbocycles. The van der Waals surface area contributed by atoms with Gasteiger partial charge in [0.25, 0.3) is 0 Å². The molecular weight excluding hydrogens is 356 g/mol. The fourth-order valence-corrected chi connectivity index (χ4v) is 2.78. The number of esters is 1. The molecule has 0 aliphatic rings. The molecule has 2 rings (SSSR count). The van der Waals surface area contributed by atoms with E-state index in [1.165, 1.54) is 12.7 Å². The number of hydrogen-bond acceptors (Lipinski definition) is 6. The second kappa shape index (κ2) is 10.5. The van der Waals surface area contributed by atoms with E-state index in [4.69, 9.17) is 4.74 Å². The van der Waals surface area contributed by atoms with Crippen molar-refractivity contribution in [2.24, 2.45) is 0 Å². The second-order valence-corrected chi connectivity index (χ2v) is 7.20. The molecule has 0 unspecified atom stereocenters. The van der Waals surface area contributed by atoms with Crippen LogP contribution in [-0.4, -0.2) is 33.4 Å². The predicted molar refractivity (Wildman–Crippen MR) is 106 cm³/mol. The van der Waals surface area contributed by atoms with Gasteiger partial charge < -0.3 is 10.1 Å². The molecule has 1 amide bonds. The summed E-state index contributed by atoms with van der Waals surface area (Å²) in [5.74, 6) is 1.12. The Balaban J connectivity index is 1.86. The van der Waals surface area contributed by atoms with Gasteiger partial charge in [-0.25, -0.2) is 15.0 Å². The highest BCUT2D eigenvalue weighted by Gasteiger charge is 2.18. The maximum Gasteiger partial charge on any atom is 0.311 e. The van der Waals surface area contributed by atoms with Gasteiger partial charge in [-0.2, -0.15) is 0 Å². The van der Waals surface area contributed by atoms with Crippen LogP contribution in [0.5, 0.6) is 5.75 Å². The smallest absolute Gasteiger partial charge is 0.311 e. The molecule has 1 N–H and O–H groups in total. The summed E-state index contributed by atoms with van der Waals surface area (Å²) in [5, 5.41) is 2.76. The molecule has 7 heteroatoms. The van der Waals surface area contributed by atoms with E-state index in [2.05, 4.69) is 48.0 Å². The number of nitrogens with zero attached hydrogens (tertiary/aromatic N) is 3. The number of carbonyl (C=O) groups excluding carboxylic acids is 2. The number of aromatic nitrogens is 3. The van der Waals surface area contributed by atoms with Gasteiger partial charge in [-0.15, -0.1) is 0 Å². The average molecular weight is 384 g/mol. The Labute approximate surface area is 166 Å². The SMILES string of the molecule is CC(C)c1cccc(C(C)C)c1OC(=O)CCC(=O)NCCc1ncncn1. The topological polar surface area (TPSA) is 94.1 Å². The summed E-state index contributed by atoms with van der Waals surface area (Å²) in [7, 11) is 0. The quantitative estimate of drug-likeness (QED) is 0.527. The lowest BCUT2D eigenvalue weighted by atomic mass is 9.94. The van der Waals surface area contributed by atoms with Gasteiger partial charge in [0, 0.05) is 19.4 Å². The Bertz CT molecular complexity index is 765. The number of ether oxygens (including phenoxy) is 1. The molecule has 1 aromatic heterocycles. The summed E-state index contributed by atoms with van der Waals surface area (Å²) in [6.45, 7) is 8.67. The predicted octanol–water partition coefficient (Wildman–Crippen LogP) is 3.16. The van der Waals surface area contributed by atoms with E-state index in [1.807, 2.05) is 18.2 Å². The lowest BCUT2D eigenvalue weighted by Gasteiger charge is -2.18. The third-order valence-corrected chi connectivity index (χ3v) is 4.31. The van der Waals surface area contributed by atoms with Crippen LogP contribution in [0.3, 0.4) is 0 Å². The highest BCUT2D eigenvalue weighted by molar-refractivity contribution is 5.82. The monoisotopic (exact) mass is 384 g/mol. The number of carbonyl (C=O) groups is 2. The molecule has 0 aliphatic carbocycles. The van der Waals surface area contributed by atoms with Gasteiger partial charge >= 0.3 is 5.97 Å².